The molecule has 2 aromatic carbocycles. The molecule has 2 aromatic rings. The number of benzene rings is 2. The van der Waals surface area contributed by atoms with Crippen molar-refractivity contribution < 1.29 is 13.2 Å². The first kappa shape index (κ1) is 22.4. The van der Waals surface area contributed by atoms with Crippen LogP contribution in [0.15, 0.2) is 59.5 Å². The molecule has 1 aliphatic heterocycles. The van der Waals surface area contributed by atoms with Crippen LogP contribution in [-0.4, -0.2) is 31.7 Å². The average molecular weight is 424 g/mol. The Bertz CT molecular complexity index is 867. The van der Waals surface area contributed by atoms with E-state index in [4.69, 9.17) is 5.73 Å². The Morgan fingerprint density at radius 2 is 1.61 bits per heavy atom. The van der Waals surface area contributed by atoms with E-state index in [1.54, 1.807) is 28.6 Å². The van der Waals surface area contributed by atoms with Crippen LogP contribution in [0.5, 0.6) is 0 Å². The van der Waals surface area contributed by atoms with E-state index in [0.717, 1.165) is 30.4 Å². The van der Waals surface area contributed by atoms with Crippen molar-refractivity contribution in [1.82, 2.24) is 9.62 Å². The summed E-state index contributed by atoms with van der Waals surface area (Å²) >= 11 is 0. The number of nitrogens with one attached hydrogen (secondary N) is 1. The normalized spacial score (nSPS) is 16.0. The molecular formula is C20H26ClN3O3S. The number of nitrogens with two attached hydrogens (primary N) is 1. The summed E-state index contributed by atoms with van der Waals surface area (Å²) in [5.41, 5.74) is 7.54. The predicted octanol–water partition coefficient (Wildman–Crippen LogP) is 2.60. The van der Waals surface area contributed by atoms with E-state index in [1.807, 2.05) is 30.3 Å². The second-order valence-corrected chi connectivity index (χ2v) is 8.65. The van der Waals surface area contributed by atoms with Crippen molar-refractivity contribution >= 4 is 28.3 Å². The minimum absolute atomic E-state index is 0. The second-order valence-electron chi connectivity index (χ2n) is 6.71. The van der Waals surface area contributed by atoms with Crippen LogP contribution in [0.1, 0.15) is 36.4 Å². The van der Waals surface area contributed by atoms with Crippen LogP contribution in [0.2, 0.25) is 0 Å². The Labute approximate surface area is 172 Å². The molecule has 0 saturated carbocycles. The van der Waals surface area contributed by atoms with Crippen molar-refractivity contribution in [3.05, 3.63) is 65.7 Å². The summed E-state index contributed by atoms with van der Waals surface area (Å²) < 4.78 is 26.8. The van der Waals surface area contributed by atoms with E-state index in [0.29, 0.717) is 24.5 Å². The smallest absolute Gasteiger partial charge is 0.243 e. The summed E-state index contributed by atoms with van der Waals surface area (Å²) in [7, 11) is -3.43. The number of piperidine rings is 1. The summed E-state index contributed by atoms with van der Waals surface area (Å²) in [6.45, 7) is 1.46. The third-order valence-electron chi connectivity index (χ3n) is 4.78. The van der Waals surface area contributed by atoms with Gasteiger partial charge in [0.25, 0.3) is 0 Å². The summed E-state index contributed by atoms with van der Waals surface area (Å²) in [6.07, 6.45) is 2.89. The molecule has 28 heavy (non-hydrogen) atoms. The maximum atomic E-state index is 12.7. The number of hydrogen-bond donors (Lipinski definition) is 2. The van der Waals surface area contributed by atoms with Gasteiger partial charge in [-0.3, -0.25) is 4.79 Å². The topological polar surface area (TPSA) is 92.5 Å². The van der Waals surface area contributed by atoms with Gasteiger partial charge in [-0.05, 0) is 36.1 Å². The molecule has 0 bridgehead atoms. The molecule has 0 aliphatic carbocycles. The average Bonchev–Trinajstić information content (AvgIpc) is 2.73. The Morgan fingerprint density at radius 3 is 2.21 bits per heavy atom. The molecule has 6 nitrogen and oxygen atoms in total. The van der Waals surface area contributed by atoms with Crippen LogP contribution in [-0.2, 0) is 21.4 Å². The van der Waals surface area contributed by atoms with Gasteiger partial charge in [0, 0.05) is 19.6 Å². The number of hydrogen-bond acceptors (Lipinski definition) is 4. The fraction of sp³-hybridized carbons (Fsp3) is 0.350. The summed E-state index contributed by atoms with van der Waals surface area (Å²) in [5, 5.41) is 2.79. The van der Waals surface area contributed by atoms with Crippen LogP contribution < -0.4 is 11.1 Å². The van der Waals surface area contributed by atoms with Crippen LogP contribution in [0.25, 0.3) is 0 Å². The van der Waals surface area contributed by atoms with Crippen molar-refractivity contribution in [2.75, 3.05) is 13.1 Å². The first-order chi connectivity index (χ1) is 13.0. The van der Waals surface area contributed by atoms with Crippen LogP contribution in [0.3, 0.4) is 0 Å². The fourth-order valence-corrected chi connectivity index (χ4v) is 4.66. The highest BCUT2D eigenvalue weighted by Gasteiger charge is 2.25. The van der Waals surface area contributed by atoms with Gasteiger partial charge in [-0.15, -0.1) is 12.4 Å². The lowest BCUT2D eigenvalue weighted by Crippen LogP contribution is -2.35. The van der Waals surface area contributed by atoms with Crippen molar-refractivity contribution in [2.45, 2.75) is 36.7 Å². The van der Waals surface area contributed by atoms with Gasteiger partial charge in [0.15, 0.2) is 0 Å². The van der Waals surface area contributed by atoms with E-state index < -0.39 is 16.1 Å². The third-order valence-corrected chi connectivity index (χ3v) is 6.70. The first-order valence-electron chi connectivity index (χ1n) is 9.16. The molecule has 3 N–H and O–H groups in total. The Kier molecular flexibility index (Phi) is 8.00. The minimum Gasteiger partial charge on any atom is -0.350 e. The Balaban J connectivity index is 0.00000280. The molecule has 1 heterocycles. The van der Waals surface area contributed by atoms with Crippen molar-refractivity contribution in [2.24, 2.45) is 5.73 Å². The lowest BCUT2D eigenvalue weighted by atomic mass is 10.1. The van der Waals surface area contributed by atoms with E-state index in [1.165, 1.54) is 0 Å². The molecule has 1 fully saturated rings. The van der Waals surface area contributed by atoms with E-state index >= 15 is 0 Å². The molecule has 0 spiro atoms. The van der Waals surface area contributed by atoms with Crippen molar-refractivity contribution in [3.8, 4) is 0 Å². The quantitative estimate of drug-likeness (QED) is 0.746. The highest BCUT2D eigenvalue weighted by atomic mass is 35.5. The molecule has 8 heteroatoms. The molecule has 1 unspecified atom stereocenters. The highest BCUT2D eigenvalue weighted by molar-refractivity contribution is 7.89. The number of nitrogens with zero attached hydrogens (tertiary/aromatic N) is 1. The van der Waals surface area contributed by atoms with Crippen LogP contribution in [0, 0.1) is 0 Å². The lowest BCUT2D eigenvalue weighted by Gasteiger charge is -2.25. The van der Waals surface area contributed by atoms with Crippen molar-refractivity contribution in [3.63, 3.8) is 0 Å². The second kappa shape index (κ2) is 10.0. The monoisotopic (exact) mass is 423 g/mol. The van der Waals surface area contributed by atoms with Gasteiger partial charge in [-0.1, -0.05) is 48.9 Å². The number of rotatable bonds is 6. The number of halogens is 1. The fourth-order valence-electron chi connectivity index (χ4n) is 3.14. The van der Waals surface area contributed by atoms with E-state index in [9.17, 15) is 13.2 Å². The zero-order chi connectivity index (χ0) is 19.3. The lowest BCUT2D eigenvalue weighted by molar-refractivity contribution is -0.122. The number of sulfonamides is 1. The van der Waals surface area contributed by atoms with Gasteiger partial charge in [-0.25, -0.2) is 8.42 Å². The van der Waals surface area contributed by atoms with E-state index in [-0.39, 0.29) is 18.3 Å². The van der Waals surface area contributed by atoms with E-state index in [2.05, 4.69) is 5.32 Å². The van der Waals surface area contributed by atoms with Gasteiger partial charge >= 0.3 is 0 Å². The third kappa shape index (κ3) is 5.32. The molecule has 1 saturated heterocycles. The van der Waals surface area contributed by atoms with Gasteiger partial charge < -0.3 is 11.1 Å². The standard InChI is InChI=1S/C20H25N3O3S.ClH/c21-19(17-7-3-1-4-8-17)20(24)22-15-16-9-11-18(12-10-16)27(25,26)23-13-5-2-6-14-23;/h1,3-4,7-12,19H,2,5-6,13-15,21H2,(H,22,24);1H. The molecule has 3 rings (SSSR count). The maximum absolute atomic E-state index is 12.7. The minimum atomic E-state index is -3.43. The Hall–Kier alpha value is -1.93. The molecule has 1 atom stereocenters. The zero-order valence-electron chi connectivity index (χ0n) is 15.6. The highest BCUT2D eigenvalue weighted by Crippen LogP contribution is 2.21. The number of carbonyl (C=O) groups excluding carboxylic acids is 1. The SMILES string of the molecule is Cl.NC(C(=O)NCc1ccc(S(=O)(=O)N2CCCCC2)cc1)c1ccccc1. The summed E-state index contributed by atoms with van der Waals surface area (Å²) in [5.74, 6) is -0.272. The summed E-state index contributed by atoms with van der Waals surface area (Å²) in [6, 6.07) is 15.1. The molecule has 1 aliphatic rings. The van der Waals surface area contributed by atoms with Crippen LogP contribution in [0.4, 0.5) is 0 Å². The van der Waals surface area contributed by atoms with Gasteiger partial charge in [-0.2, -0.15) is 4.31 Å². The maximum Gasteiger partial charge on any atom is 0.243 e. The molecule has 1 amide bonds. The molecule has 0 aromatic heterocycles. The predicted molar refractivity (Wildman–Crippen MR) is 112 cm³/mol. The largest absolute Gasteiger partial charge is 0.350 e. The van der Waals surface area contributed by atoms with Crippen molar-refractivity contribution in [1.29, 1.82) is 0 Å². The van der Waals surface area contributed by atoms with Crippen LogP contribution >= 0.6 is 12.4 Å². The van der Waals surface area contributed by atoms with Gasteiger partial charge in [0.05, 0.1) is 4.90 Å². The number of carbonyl (C=O) groups is 1. The zero-order valence-corrected chi connectivity index (χ0v) is 17.2. The van der Waals surface area contributed by atoms with Gasteiger partial charge in [0.1, 0.15) is 6.04 Å². The molecule has 0 radical (unpaired) electrons. The summed E-state index contributed by atoms with van der Waals surface area (Å²) in [4.78, 5) is 12.5. The Morgan fingerprint density at radius 1 is 1.00 bits per heavy atom. The first-order valence-corrected chi connectivity index (χ1v) is 10.6. The molecular weight excluding hydrogens is 398 g/mol. The molecule has 152 valence electrons. The number of amides is 1. The van der Waals surface area contributed by atoms with Gasteiger partial charge in [0.2, 0.25) is 15.9 Å².